The molecule has 2 aromatic carbocycles. The van der Waals surface area contributed by atoms with Gasteiger partial charge in [-0.05, 0) is 47.7 Å². The van der Waals surface area contributed by atoms with Gasteiger partial charge < -0.3 is 4.98 Å². The summed E-state index contributed by atoms with van der Waals surface area (Å²) < 4.78 is 0. The van der Waals surface area contributed by atoms with Gasteiger partial charge in [-0.2, -0.15) is 0 Å². The van der Waals surface area contributed by atoms with Gasteiger partial charge in [-0.25, -0.2) is 4.98 Å². The van der Waals surface area contributed by atoms with E-state index in [9.17, 15) is 0 Å². The highest BCUT2D eigenvalue weighted by Gasteiger charge is 2.10. The Bertz CT molecular complexity index is 1040. The first-order chi connectivity index (χ1) is 12.8. The lowest BCUT2D eigenvalue weighted by atomic mass is 10.0. The maximum absolute atomic E-state index is 4.56. The Hall–Kier alpha value is -2.87. The molecular weight excluding hydrogens is 316 g/mol. The second kappa shape index (κ2) is 7.57. The Morgan fingerprint density at radius 1 is 0.923 bits per heavy atom. The van der Waals surface area contributed by atoms with Crippen LogP contribution in [0, 0.1) is 0 Å². The molecule has 26 heavy (non-hydrogen) atoms. The van der Waals surface area contributed by atoms with Crippen LogP contribution < -0.4 is 0 Å². The van der Waals surface area contributed by atoms with E-state index >= 15 is 0 Å². The van der Waals surface area contributed by atoms with Gasteiger partial charge in [-0.15, -0.1) is 0 Å². The van der Waals surface area contributed by atoms with Crippen molar-refractivity contribution in [3.05, 3.63) is 77.5 Å². The summed E-state index contributed by atoms with van der Waals surface area (Å²) in [5.74, 6) is 0. The number of aromatic amines is 1. The van der Waals surface area contributed by atoms with Gasteiger partial charge in [0.1, 0.15) is 5.65 Å². The van der Waals surface area contributed by atoms with Crippen molar-refractivity contribution >= 4 is 34.1 Å². The van der Waals surface area contributed by atoms with Gasteiger partial charge in [0.05, 0.1) is 0 Å². The lowest BCUT2D eigenvalue weighted by Gasteiger charge is -2.03. The largest absolute Gasteiger partial charge is 0.339 e. The van der Waals surface area contributed by atoms with Crippen LogP contribution in [-0.2, 0) is 6.42 Å². The molecule has 0 saturated heterocycles. The van der Waals surface area contributed by atoms with Crippen molar-refractivity contribution in [1.29, 1.82) is 0 Å². The van der Waals surface area contributed by atoms with E-state index in [-0.39, 0.29) is 0 Å². The van der Waals surface area contributed by atoms with Crippen molar-refractivity contribution < 1.29 is 0 Å². The molecule has 2 aromatic heterocycles. The smallest absolute Gasteiger partial charge is 0.138 e. The lowest BCUT2D eigenvalue weighted by Crippen LogP contribution is -1.88. The molecular formula is C24H24N2. The summed E-state index contributed by atoms with van der Waals surface area (Å²) in [4.78, 5) is 8.03. The number of unbranched alkanes of at least 4 members (excludes halogenated alkanes) is 2. The summed E-state index contributed by atoms with van der Waals surface area (Å²) in [7, 11) is 0. The van der Waals surface area contributed by atoms with Gasteiger partial charge in [0.15, 0.2) is 0 Å². The molecule has 2 heteroatoms. The van der Waals surface area contributed by atoms with E-state index in [0.29, 0.717) is 0 Å². The summed E-state index contributed by atoms with van der Waals surface area (Å²) in [6.07, 6.45) is 11.1. The molecule has 0 aliphatic carbocycles. The molecule has 2 heterocycles. The van der Waals surface area contributed by atoms with Crippen molar-refractivity contribution in [3.63, 3.8) is 0 Å². The van der Waals surface area contributed by atoms with E-state index in [2.05, 4.69) is 77.6 Å². The number of hydrogen-bond acceptors (Lipinski definition) is 1. The lowest BCUT2D eigenvalue weighted by molar-refractivity contribution is 0.719. The quantitative estimate of drug-likeness (QED) is 0.310. The van der Waals surface area contributed by atoms with Gasteiger partial charge in [0, 0.05) is 22.5 Å². The predicted octanol–water partition coefficient (Wildman–Crippen LogP) is 6.62. The van der Waals surface area contributed by atoms with Crippen LogP contribution >= 0.6 is 0 Å². The highest BCUT2D eigenvalue weighted by atomic mass is 14.8. The minimum absolute atomic E-state index is 0.998. The Morgan fingerprint density at radius 3 is 2.62 bits per heavy atom. The number of pyridine rings is 1. The SMILES string of the molecule is CCCCCc1ccnc2[nH]c3ccc(/C=C/c4ccccc4)cc3c12. The molecule has 0 atom stereocenters. The highest BCUT2D eigenvalue weighted by molar-refractivity contribution is 6.08. The number of fused-ring (bicyclic) bond motifs is 3. The van der Waals surface area contributed by atoms with Crippen LogP contribution in [0.15, 0.2) is 60.8 Å². The minimum Gasteiger partial charge on any atom is -0.339 e. The Kier molecular flexibility index (Phi) is 4.83. The summed E-state index contributed by atoms with van der Waals surface area (Å²) in [5.41, 5.74) is 5.99. The third kappa shape index (κ3) is 3.41. The van der Waals surface area contributed by atoms with Crippen molar-refractivity contribution in [2.45, 2.75) is 32.6 Å². The molecule has 0 aliphatic heterocycles. The second-order valence-electron chi connectivity index (χ2n) is 6.82. The monoisotopic (exact) mass is 340 g/mol. The molecule has 4 rings (SSSR count). The summed E-state index contributed by atoms with van der Waals surface area (Å²) in [5, 5.41) is 2.56. The molecule has 0 saturated carbocycles. The van der Waals surface area contributed by atoms with Crippen LogP contribution in [0.25, 0.3) is 34.1 Å². The maximum Gasteiger partial charge on any atom is 0.138 e. The Morgan fingerprint density at radius 2 is 1.77 bits per heavy atom. The molecule has 2 nitrogen and oxygen atoms in total. The fourth-order valence-corrected chi connectivity index (χ4v) is 3.54. The van der Waals surface area contributed by atoms with Crippen LogP contribution in [0.1, 0.15) is 42.9 Å². The third-order valence-corrected chi connectivity index (χ3v) is 4.92. The Balaban J connectivity index is 1.74. The van der Waals surface area contributed by atoms with Crippen LogP contribution in [0.5, 0.6) is 0 Å². The van der Waals surface area contributed by atoms with E-state index in [1.54, 1.807) is 0 Å². The first-order valence-corrected chi connectivity index (χ1v) is 9.47. The number of aromatic nitrogens is 2. The molecule has 0 radical (unpaired) electrons. The van der Waals surface area contributed by atoms with Crippen LogP contribution in [-0.4, -0.2) is 9.97 Å². The molecule has 1 N–H and O–H groups in total. The first-order valence-electron chi connectivity index (χ1n) is 9.47. The van der Waals surface area contributed by atoms with Crippen LogP contribution in [0.3, 0.4) is 0 Å². The average Bonchev–Trinajstić information content (AvgIpc) is 3.06. The number of rotatable bonds is 6. The average molecular weight is 340 g/mol. The van der Waals surface area contributed by atoms with Gasteiger partial charge >= 0.3 is 0 Å². The molecule has 0 unspecified atom stereocenters. The van der Waals surface area contributed by atoms with Crippen molar-refractivity contribution in [2.75, 3.05) is 0 Å². The van der Waals surface area contributed by atoms with Gasteiger partial charge in [-0.3, -0.25) is 0 Å². The van der Waals surface area contributed by atoms with E-state index < -0.39 is 0 Å². The van der Waals surface area contributed by atoms with Crippen molar-refractivity contribution in [2.24, 2.45) is 0 Å². The number of nitrogens with zero attached hydrogens (tertiary/aromatic N) is 1. The van der Waals surface area contributed by atoms with Gasteiger partial charge in [-0.1, -0.05) is 68.3 Å². The number of H-pyrrole nitrogens is 1. The summed E-state index contributed by atoms with van der Waals surface area (Å²) in [6.45, 7) is 2.25. The fourth-order valence-electron chi connectivity index (χ4n) is 3.54. The number of aryl methyl sites for hydroxylation is 1. The molecule has 4 aromatic rings. The standard InChI is InChI=1S/C24H24N2/c1-2-3-5-10-20-15-16-25-24-23(20)21-17-19(13-14-22(21)26-24)12-11-18-8-6-4-7-9-18/h4,6-9,11-17H,2-3,5,10H2,1H3,(H,25,26)/b12-11+. The van der Waals surface area contributed by atoms with E-state index in [0.717, 1.165) is 17.6 Å². The number of benzene rings is 2. The van der Waals surface area contributed by atoms with Crippen LogP contribution in [0.4, 0.5) is 0 Å². The van der Waals surface area contributed by atoms with Gasteiger partial charge in [0.25, 0.3) is 0 Å². The van der Waals surface area contributed by atoms with E-state index in [1.165, 1.54) is 46.7 Å². The molecule has 0 aliphatic rings. The predicted molar refractivity (Wildman–Crippen MR) is 112 cm³/mol. The normalized spacial score (nSPS) is 11.7. The Labute approximate surface area is 154 Å². The second-order valence-corrected chi connectivity index (χ2v) is 6.82. The first kappa shape index (κ1) is 16.6. The fraction of sp³-hybridized carbons (Fsp3) is 0.208. The summed E-state index contributed by atoms with van der Waals surface area (Å²) in [6, 6.07) is 19.2. The maximum atomic E-state index is 4.56. The molecule has 0 spiro atoms. The molecule has 0 bridgehead atoms. The zero-order valence-electron chi connectivity index (χ0n) is 15.2. The highest BCUT2D eigenvalue weighted by Crippen LogP contribution is 2.29. The topological polar surface area (TPSA) is 28.7 Å². The van der Waals surface area contributed by atoms with E-state index in [4.69, 9.17) is 0 Å². The van der Waals surface area contributed by atoms with Gasteiger partial charge in [0.2, 0.25) is 0 Å². The molecule has 0 amide bonds. The zero-order chi connectivity index (χ0) is 17.8. The molecule has 130 valence electrons. The van der Waals surface area contributed by atoms with E-state index in [1.807, 2.05) is 12.3 Å². The third-order valence-electron chi connectivity index (χ3n) is 4.92. The molecule has 0 fully saturated rings. The zero-order valence-corrected chi connectivity index (χ0v) is 15.2. The number of nitrogens with one attached hydrogen (secondary N) is 1. The van der Waals surface area contributed by atoms with Crippen LogP contribution in [0.2, 0.25) is 0 Å². The minimum atomic E-state index is 0.998. The van der Waals surface area contributed by atoms with Crippen molar-refractivity contribution in [1.82, 2.24) is 9.97 Å². The number of hydrogen-bond donors (Lipinski definition) is 1. The summed E-state index contributed by atoms with van der Waals surface area (Å²) >= 11 is 0. The van der Waals surface area contributed by atoms with Crippen molar-refractivity contribution in [3.8, 4) is 0 Å².